The number of rotatable bonds is 6. The third kappa shape index (κ3) is 4.48. The maximum absolute atomic E-state index is 11.5. The molecule has 6 heteroatoms. The standard InChI is InChI=1S/C25H24N2O4/c1-16(28)30-14-20-13-21(15-31-17(2)29)23-22(20)24(18-9-5-3-6-10-18)26-27-25(23)19-11-7-4-8-12-19/h3-12,20-21H,13-15H2,1-2H3/t20-,21+. The lowest BCUT2D eigenvalue weighted by Crippen LogP contribution is -2.11. The molecule has 1 heterocycles. The van der Waals surface area contributed by atoms with Gasteiger partial charge in [-0.25, -0.2) is 0 Å². The lowest BCUT2D eigenvalue weighted by atomic mass is 9.93. The summed E-state index contributed by atoms with van der Waals surface area (Å²) < 4.78 is 10.8. The lowest BCUT2D eigenvalue weighted by Gasteiger charge is -2.17. The molecule has 0 unspecified atom stereocenters. The first-order valence-electron chi connectivity index (χ1n) is 10.3. The summed E-state index contributed by atoms with van der Waals surface area (Å²) in [6.07, 6.45) is 0.683. The van der Waals surface area contributed by atoms with Crippen molar-refractivity contribution < 1.29 is 19.1 Å². The molecule has 0 fully saturated rings. The number of nitrogens with zero attached hydrogens (tertiary/aromatic N) is 2. The Bertz CT molecular complexity index is 997. The second-order valence-electron chi connectivity index (χ2n) is 7.69. The Labute approximate surface area is 181 Å². The molecule has 2 atom stereocenters. The molecule has 0 bridgehead atoms. The highest BCUT2D eigenvalue weighted by Gasteiger charge is 2.38. The Hall–Kier alpha value is -3.54. The van der Waals surface area contributed by atoms with Crippen LogP contribution in [0, 0.1) is 0 Å². The van der Waals surface area contributed by atoms with Gasteiger partial charge >= 0.3 is 11.9 Å². The van der Waals surface area contributed by atoms with Crippen LogP contribution in [0.3, 0.4) is 0 Å². The van der Waals surface area contributed by atoms with Crippen molar-refractivity contribution in [1.82, 2.24) is 10.2 Å². The van der Waals surface area contributed by atoms with E-state index in [1.165, 1.54) is 13.8 Å². The van der Waals surface area contributed by atoms with Crippen molar-refractivity contribution in [2.24, 2.45) is 0 Å². The van der Waals surface area contributed by atoms with Gasteiger partial charge in [0.15, 0.2) is 0 Å². The van der Waals surface area contributed by atoms with Gasteiger partial charge in [-0.1, -0.05) is 60.7 Å². The molecule has 0 saturated carbocycles. The van der Waals surface area contributed by atoms with Crippen molar-refractivity contribution in [3.8, 4) is 22.5 Å². The third-order valence-corrected chi connectivity index (χ3v) is 5.51. The summed E-state index contributed by atoms with van der Waals surface area (Å²) in [5, 5.41) is 9.21. The van der Waals surface area contributed by atoms with Gasteiger partial charge in [0.25, 0.3) is 0 Å². The van der Waals surface area contributed by atoms with Crippen LogP contribution in [0.1, 0.15) is 43.2 Å². The average Bonchev–Trinajstić information content (AvgIpc) is 3.15. The van der Waals surface area contributed by atoms with Gasteiger partial charge in [-0.05, 0) is 17.5 Å². The van der Waals surface area contributed by atoms with Gasteiger partial charge in [0.05, 0.1) is 24.6 Å². The Kier molecular flexibility index (Phi) is 6.07. The molecule has 1 aliphatic carbocycles. The molecule has 0 aliphatic heterocycles. The summed E-state index contributed by atoms with van der Waals surface area (Å²) in [6.45, 7) is 3.31. The molecule has 2 aromatic carbocycles. The summed E-state index contributed by atoms with van der Waals surface area (Å²) in [5.74, 6) is -0.770. The van der Waals surface area contributed by atoms with Crippen LogP contribution in [-0.2, 0) is 19.1 Å². The van der Waals surface area contributed by atoms with Crippen molar-refractivity contribution in [2.75, 3.05) is 13.2 Å². The molecule has 4 rings (SSSR count). The lowest BCUT2D eigenvalue weighted by molar-refractivity contribution is -0.141. The molecule has 1 aromatic heterocycles. The first-order chi connectivity index (χ1) is 15.0. The zero-order valence-electron chi connectivity index (χ0n) is 17.6. The van der Waals surface area contributed by atoms with Crippen LogP contribution in [0.15, 0.2) is 60.7 Å². The highest BCUT2D eigenvalue weighted by molar-refractivity contribution is 5.74. The van der Waals surface area contributed by atoms with E-state index in [0.29, 0.717) is 6.42 Å². The van der Waals surface area contributed by atoms with Crippen LogP contribution in [-0.4, -0.2) is 35.3 Å². The van der Waals surface area contributed by atoms with Gasteiger partial charge in [0.2, 0.25) is 0 Å². The van der Waals surface area contributed by atoms with Crippen LogP contribution in [0.25, 0.3) is 22.5 Å². The van der Waals surface area contributed by atoms with Crippen LogP contribution < -0.4 is 0 Å². The van der Waals surface area contributed by atoms with Gasteiger partial charge in [0.1, 0.15) is 0 Å². The molecule has 0 radical (unpaired) electrons. The molecular weight excluding hydrogens is 392 g/mol. The first-order valence-corrected chi connectivity index (χ1v) is 10.3. The first kappa shape index (κ1) is 20.7. The van der Waals surface area contributed by atoms with Crippen molar-refractivity contribution >= 4 is 11.9 Å². The van der Waals surface area contributed by atoms with Gasteiger partial charge in [-0.15, -0.1) is 10.2 Å². The van der Waals surface area contributed by atoms with Gasteiger partial charge in [-0.3, -0.25) is 9.59 Å². The second-order valence-corrected chi connectivity index (χ2v) is 7.69. The molecule has 6 nitrogen and oxygen atoms in total. The molecule has 158 valence electrons. The molecule has 0 spiro atoms. The maximum atomic E-state index is 11.5. The van der Waals surface area contributed by atoms with E-state index in [2.05, 4.69) is 10.2 Å². The monoisotopic (exact) mass is 416 g/mol. The fraction of sp³-hybridized carbons (Fsp3) is 0.280. The number of esters is 2. The van der Waals surface area contributed by atoms with E-state index in [-0.39, 0.29) is 37.0 Å². The average molecular weight is 416 g/mol. The number of carbonyl (C=O) groups excluding carboxylic acids is 2. The van der Waals surface area contributed by atoms with E-state index >= 15 is 0 Å². The Morgan fingerprint density at radius 1 is 0.742 bits per heavy atom. The molecule has 0 saturated heterocycles. The largest absolute Gasteiger partial charge is 0.465 e. The number of carbonyl (C=O) groups is 2. The number of benzene rings is 2. The number of fused-ring (bicyclic) bond motifs is 1. The van der Waals surface area contributed by atoms with E-state index in [1.807, 2.05) is 60.7 Å². The van der Waals surface area contributed by atoms with Crippen molar-refractivity contribution in [3.05, 3.63) is 71.8 Å². The minimum absolute atomic E-state index is 0.0624. The Morgan fingerprint density at radius 3 is 1.48 bits per heavy atom. The van der Waals surface area contributed by atoms with E-state index < -0.39 is 0 Å². The van der Waals surface area contributed by atoms with Gasteiger partial charge in [-0.2, -0.15) is 0 Å². The van der Waals surface area contributed by atoms with Crippen molar-refractivity contribution in [3.63, 3.8) is 0 Å². The normalized spacial score (nSPS) is 17.1. The Balaban J connectivity index is 1.89. The number of aromatic nitrogens is 2. The molecule has 0 amide bonds. The summed E-state index contributed by atoms with van der Waals surface area (Å²) in [7, 11) is 0. The highest BCUT2D eigenvalue weighted by atomic mass is 16.5. The predicted molar refractivity (Wildman–Crippen MR) is 116 cm³/mol. The van der Waals surface area contributed by atoms with Crippen LogP contribution >= 0.6 is 0 Å². The zero-order chi connectivity index (χ0) is 21.8. The summed E-state index contributed by atoms with van der Waals surface area (Å²) in [6, 6.07) is 19.7. The fourth-order valence-corrected chi connectivity index (χ4v) is 4.23. The van der Waals surface area contributed by atoms with Crippen molar-refractivity contribution in [1.29, 1.82) is 0 Å². The summed E-state index contributed by atoms with van der Waals surface area (Å²) >= 11 is 0. The van der Waals surface area contributed by atoms with E-state index in [9.17, 15) is 9.59 Å². The van der Waals surface area contributed by atoms with Crippen LogP contribution in [0.2, 0.25) is 0 Å². The zero-order valence-corrected chi connectivity index (χ0v) is 17.6. The number of hydrogen-bond donors (Lipinski definition) is 0. The topological polar surface area (TPSA) is 78.4 Å². The summed E-state index contributed by atoms with van der Waals surface area (Å²) in [5.41, 5.74) is 5.48. The predicted octanol–water partition coefficient (Wildman–Crippen LogP) is 4.51. The number of ether oxygens (including phenoxy) is 2. The SMILES string of the molecule is CC(=O)OC[C@@H]1C[C@H](COC(C)=O)c2c(-c3ccccc3)nnc(-c3ccccc3)c21. The van der Waals surface area contributed by atoms with Gasteiger partial charge < -0.3 is 9.47 Å². The minimum atomic E-state index is -0.323. The minimum Gasteiger partial charge on any atom is -0.465 e. The smallest absolute Gasteiger partial charge is 0.302 e. The third-order valence-electron chi connectivity index (χ3n) is 5.51. The van der Waals surface area contributed by atoms with Gasteiger partial charge in [0, 0.05) is 36.8 Å². The Morgan fingerprint density at radius 2 is 1.13 bits per heavy atom. The molecule has 1 aliphatic rings. The fourth-order valence-electron chi connectivity index (χ4n) is 4.23. The molecule has 3 aromatic rings. The quantitative estimate of drug-likeness (QED) is 0.550. The molecule has 31 heavy (non-hydrogen) atoms. The molecular formula is C25H24N2O4. The second kappa shape index (κ2) is 9.08. The van der Waals surface area contributed by atoms with Crippen LogP contribution in [0.5, 0.6) is 0 Å². The highest BCUT2D eigenvalue weighted by Crippen LogP contribution is 2.48. The van der Waals surface area contributed by atoms with Crippen LogP contribution in [0.4, 0.5) is 0 Å². The summed E-state index contributed by atoms with van der Waals surface area (Å²) in [4.78, 5) is 23.1. The number of hydrogen-bond acceptors (Lipinski definition) is 6. The maximum Gasteiger partial charge on any atom is 0.302 e. The van der Waals surface area contributed by atoms with E-state index in [1.54, 1.807) is 0 Å². The van der Waals surface area contributed by atoms with E-state index in [0.717, 1.165) is 33.6 Å². The van der Waals surface area contributed by atoms with E-state index in [4.69, 9.17) is 9.47 Å². The molecule has 0 N–H and O–H groups in total. The van der Waals surface area contributed by atoms with Crippen molar-refractivity contribution in [2.45, 2.75) is 32.1 Å².